The van der Waals surface area contributed by atoms with E-state index < -0.39 is 6.10 Å². The summed E-state index contributed by atoms with van der Waals surface area (Å²) in [6.07, 6.45) is 1.89. The number of aliphatic hydroxyl groups is 1. The Labute approximate surface area is 126 Å². The molecule has 2 aromatic carbocycles. The van der Waals surface area contributed by atoms with Crippen molar-refractivity contribution in [3.63, 3.8) is 0 Å². The molecule has 3 heteroatoms. The minimum absolute atomic E-state index is 0.426. The molecule has 0 bridgehead atoms. The van der Waals surface area contributed by atoms with E-state index >= 15 is 0 Å². The first-order valence-corrected chi connectivity index (χ1v) is 7.56. The lowest BCUT2D eigenvalue weighted by molar-refractivity contribution is 0.106. The zero-order chi connectivity index (χ0) is 14.7. The van der Waals surface area contributed by atoms with Gasteiger partial charge in [-0.05, 0) is 42.6 Å². The zero-order valence-corrected chi connectivity index (χ0v) is 12.2. The highest BCUT2D eigenvalue weighted by molar-refractivity contribution is 5.39. The highest BCUT2D eigenvalue weighted by Gasteiger charge is 2.27. The van der Waals surface area contributed by atoms with Crippen LogP contribution >= 0.6 is 0 Å². The summed E-state index contributed by atoms with van der Waals surface area (Å²) in [6, 6.07) is 18.5. The number of rotatable bonds is 4. The summed E-state index contributed by atoms with van der Waals surface area (Å²) in [5.74, 6) is 0. The molecule has 0 spiro atoms. The van der Waals surface area contributed by atoms with Gasteiger partial charge in [0, 0.05) is 18.3 Å². The molecule has 2 unspecified atom stereocenters. The van der Waals surface area contributed by atoms with Crippen LogP contribution in [0, 0.1) is 0 Å². The third-order valence-electron chi connectivity index (χ3n) is 4.28. The first-order valence-electron chi connectivity index (χ1n) is 7.56. The van der Waals surface area contributed by atoms with Gasteiger partial charge in [0.05, 0.1) is 6.10 Å². The highest BCUT2D eigenvalue weighted by atomic mass is 16.3. The minimum atomic E-state index is -0.463. The second kappa shape index (κ2) is 6.29. The smallest absolute Gasteiger partial charge is 0.0917 e. The molecule has 0 aliphatic carbocycles. The van der Waals surface area contributed by atoms with Crippen molar-refractivity contribution in [1.82, 2.24) is 4.90 Å². The lowest BCUT2D eigenvalue weighted by Gasteiger charge is -2.27. The van der Waals surface area contributed by atoms with Crippen LogP contribution in [0.3, 0.4) is 0 Å². The van der Waals surface area contributed by atoms with Gasteiger partial charge in [0.15, 0.2) is 0 Å². The Morgan fingerprint density at radius 2 is 1.81 bits per heavy atom. The first-order chi connectivity index (χ1) is 10.2. The number of benzene rings is 2. The number of hydrogen-bond acceptors (Lipinski definition) is 3. The predicted octanol–water partition coefficient (Wildman–Crippen LogP) is 3.14. The lowest BCUT2D eigenvalue weighted by atomic mass is 10.0. The van der Waals surface area contributed by atoms with Gasteiger partial charge in [-0.25, -0.2) is 0 Å². The van der Waals surface area contributed by atoms with Gasteiger partial charge in [-0.15, -0.1) is 0 Å². The van der Waals surface area contributed by atoms with Crippen LogP contribution in [0.4, 0.5) is 5.69 Å². The van der Waals surface area contributed by atoms with Crippen molar-refractivity contribution in [3.05, 3.63) is 65.7 Å². The Bertz CT molecular complexity index is 568. The van der Waals surface area contributed by atoms with Gasteiger partial charge in [-0.3, -0.25) is 4.90 Å². The maximum atomic E-state index is 10.5. The molecule has 2 atom stereocenters. The molecule has 1 aliphatic heterocycles. The van der Waals surface area contributed by atoms with Crippen LogP contribution in [0.15, 0.2) is 54.6 Å². The number of nitrogens with zero attached hydrogens (tertiary/aromatic N) is 1. The van der Waals surface area contributed by atoms with E-state index in [-0.39, 0.29) is 0 Å². The molecule has 0 saturated carbocycles. The SMILES string of the molecule is Nc1ccc(C(O)CN2CCCC2c2ccccc2)cc1. The average molecular weight is 282 g/mol. The molecular weight excluding hydrogens is 260 g/mol. The molecule has 1 fully saturated rings. The van der Waals surface area contributed by atoms with Crippen molar-refractivity contribution < 1.29 is 5.11 Å². The Kier molecular flexibility index (Phi) is 4.23. The molecule has 1 heterocycles. The number of nitrogen functional groups attached to an aromatic ring is 1. The van der Waals surface area contributed by atoms with Crippen LogP contribution in [0.2, 0.25) is 0 Å². The van der Waals surface area contributed by atoms with E-state index in [4.69, 9.17) is 5.73 Å². The van der Waals surface area contributed by atoms with E-state index in [1.165, 1.54) is 18.4 Å². The van der Waals surface area contributed by atoms with Crippen molar-refractivity contribution in [2.75, 3.05) is 18.8 Å². The fourth-order valence-corrected chi connectivity index (χ4v) is 3.14. The van der Waals surface area contributed by atoms with Crippen LogP contribution in [0.25, 0.3) is 0 Å². The third kappa shape index (κ3) is 3.26. The standard InChI is InChI=1S/C18H22N2O/c19-16-10-8-15(9-11-16)18(21)13-20-12-4-7-17(20)14-5-2-1-3-6-14/h1-3,5-6,8-11,17-18,21H,4,7,12-13,19H2. The number of hydrogen-bond donors (Lipinski definition) is 2. The summed E-state index contributed by atoms with van der Waals surface area (Å²) in [6.45, 7) is 1.72. The van der Waals surface area contributed by atoms with Crippen LogP contribution < -0.4 is 5.73 Å². The van der Waals surface area contributed by atoms with Crippen LogP contribution in [0.1, 0.15) is 36.1 Å². The molecule has 110 valence electrons. The van der Waals surface area contributed by atoms with Crippen LogP contribution in [0.5, 0.6) is 0 Å². The van der Waals surface area contributed by atoms with Gasteiger partial charge in [0.1, 0.15) is 0 Å². The second-order valence-corrected chi connectivity index (χ2v) is 5.75. The van der Waals surface area contributed by atoms with Crippen molar-refractivity contribution in [1.29, 1.82) is 0 Å². The molecule has 2 aromatic rings. The summed E-state index contributed by atoms with van der Waals surface area (Å²) in [7, 11) is 0. The normalized spacial score (nSPS) is 20.5. The topological polar surface area (TPSA) is 49.5 Å². The fraction of sp³-hybridized carbons (Fsp3) is 0.333. The quantitative estimate of drug-likeness (QED) is 0.847. The van der Waals surface area contributed by atoms with Crippen molar-refractivity contribution in [3.8, 4) is 0 Å². The molecular formula is C18H22N2O. The molecule has 21 heavy (non-hydrogen) atoms. The Hall–Kier alpha value is -1.84. The summed E-state index contributed by atoms with van der Waals surface area (Å²) in [4.78, 5) is 2.39. The van der Waals surface area contributed by atoms with Crippen molar-refractivity contribution in [2.24, 2.45) is 0 Å². The average Bonchev–Trinajstić information content (AvgIpc) is 2.97. The molecule has 3 nitrogen and oxygen atoms in total. The van der Waals surface area contributed by atoms with Gasteiger partial charge >= 0.3 is 0 Å². The largest absolute Gasteiger partial charge is 0.399 e. The van der Waals surface area contributed by atoms with E-state index in [2.05, 4.69) is 29.2 Å². The van der Waals surface area contributed by atoms with E-state index in [0.717, 1.165) is 17.8 Å². The monoisotopic (exact) mass is 282 g/mol. The van der Waals surface area contributed by atoms with Gasteiger partial charge in [-0.2, -0.15) is 0 Å². The number of likely N-dealkylation sites (tertiary alicyclic amines) is 1. The van der Waals surface area contributed by atoms with Crippen LogP contribution in [-0.2, 0) is 0 Å². The van der Waals surface area contributed by atoms with Gasteiger partial charge in [0.25, 0.3) is 0 Å². The maximum Gasteiger partial charge on any atom is 0.0917 e. The van der Waals surface area contributed by atoms with E-state index in [0.29, 0.717) is 12.6 Å². The summed E-state index contributed by atoms with van der Waals surface area (Å²) >= 11 is 0. The molecule has 0 radical (unpaired) electrons. The second-order valence-electron chi connectivity index (χ2n) is 5.75. The highest BCUT2D eigenvalue weighted by Crippen LogP contribution is 2.33. The summed E-state index contributed by atoms with van der Waals surface area (Å²) < 4.78 is 0. The predicted molar refractivity (Wildman–Crippen MR) is 85.8 cm³/mol. The number of aliphatic hydroxyl groups excluding tert-OH is 1. The van der Waals surface area contributed by atoms with Crippen LogP contribution in [-0.4, -0.2) is 23.1 Å². The number of nitrogens with two attached hydrogens (primary N) is 1. The molecule has 1 saturated heterocycles. The fourth-order valence-electron chi connectivity index (χ4n) is 3.14. The molecule has 1 aliphatic rings. The maximum absolute atomic E-state index is 10.5. The molecule has 0 aromatic heterocycles. The first kappa shape index (κ1) is 14.1. The van der Waals surface area contributed by atoms with Gasteiger partial charge in [-0.1, -0.05) is 42.5 Å². The Balaban J connectivity index is 1.70. The third-order valence-corrected chi connectivity index (χ3v) is 4.28. The van der Waals surface area contributed by atoms with E-state index in [1.54, 1.807) is 0 Å². The van der Waals surface area contributed by atoms with E-state index in [9.17, 15) is 5.11 Å². The summed E-state index contributed by atoms with van der Waals surface area (Å²) in [5.41, 5.74) is 8.71. The zero-order valence-electron chi connectivity index (χ0n) is 12.2. The Morgan fingerprint density at radius 1 is 1.10 bits per heavy atom. The minimum Gasteiger partial charge on any atom is -0.399 e. The molecule has 3 rings (SSSR count). The molecule has 3 N–H and O–H groups in total. The van der Waals surface area contributed by atoms with Gasteiger partial charge < -0.3 is 10.8 Å². The van der Waals surface area contributed by atoms with Crippen molar-refractivity contribution >= 4 is 5.69 Å². The van der Waals surface area contributed by atoms with E-state index in [1.807, 2.05) is 30.3 Å². The lowest BCUT2D eigenvalue weighted by Crippen LogP contribution is -2.28. The summed E-state index contributed by atoms with van der Waals surface area (Å²) in [5, 5.41) is 10.5. The Morgan fingerprint density at radius 3 is 2.52 bits per heavy atom. The number of anilines is 1. The van der Waals surface area contributed by atoms with Crippen molar-refractivity contribution in [2.45, 2.75) is 25.0 Å². The number of β-amino-alcohol motifs (C(OH)–C–C–N with tert-alkyl or cyclic N) is 1. The molecule has 0 amide bonds. The van der Waals surface area contributed by atoms with Gasteiger partial charge in [0.2, 0.25) is 0 Å².